The van der Waals surface area contributed by atoms with Gasteiger partial charge in [-0.15, -0.1) is 11.3 Å². The van der Waals surface area contributed by atoms with Crippen molar-refractivity contribution in [3.05, 3.63) is 27.4 Å². The van der Waals surface area contributed by atoms with E-state index < -0.39 is 0 Å². The molecule has 6 heteroatoms. The molecule has 1 N–H and O–H groups in total. The third-order valence-corrected chi connectivity index (χ3v) is 4.44. The zero-order chi connectivity index (χ0) is 13.4. The lowest BCUT2D eigenvalue weighted by Crippen LogP contribution is -2.45. The van der Waals surface area contributed by atoms with E-state index >= 15 is 0 Å². The number of hydrogen-bond donors (Lipinski definition) is 1. The second kappa shape index (κ2) is 4.68. The van der Waals surface area contributed by atoms with Crippen LogP contribution in [0.4, 0.5) is 5.69 Å². The van der Waals surface area contributed by atoms with Crippen LogP contribution < -0.4 is 10.5 Å². The summed E-state index contributed by atoms with van der Waals surface area (Å²) in [6.07, 6.45) is 0. The Labute approximate surface area is 114 Å². The number of nitrogens with one attached hydrogen (secondary N) is 1. The highest BCUT2D eigenvalue weighted by molar-refractivity contribution is 7.17. The van der Waals surface area contributed by atoms with Crippen molar-refractivity contribution in [2.45, 2.75) is 0 Å². The normalized spacial score (nSPS) is 16.7. The molecule has 3 rings (SSSR count). The molecule has 1 fully saturated rings. The number of hydrogen-bond acceptors (Lipinski definition) is 5. The van der Waals surface area contributed by atoms with E-state index in [1.807, 2.05) is 11.4 Å². The summed E-state index contributed by atoms with van der Waals surface area (Å²) >= 11 is 1.57. The molecular formula is C13H14N4OS. The summed E-state index contributed by atoms with van der Waals surface area (Å²) < 4.78 is 1.00. The average Bonchev–Trinajstić information content (AvgIpc) is 2.86. The molecule has 0 atom stereocenters. The van der Waals surface area contributed by atoms with E-state index in [1.54, 1.807) is 11.3 Å². The Morgan fingerprint density at radius 1 is 1.37 bits per heavy atom. The van der Waals surface area contributed by atoms with Crippen LogP contribution in [0.3, 0.4) is 0 Å². The number of piperazine rings is 1. The van der Waals surface area contributed by atoms with Crippen LogP contribution in [0.25, 0.3) is 10.2 Å². The summed E-state index contributed by atoms with van der Waals surface area (Å²) in [4.78, 5) is 19.2. The highest BCUT2D eigenvalue weighted by atomic mass is 32.1. The van der Waals surface area contributed by atoms with Gasteiger partial charge in [0.05, 0.1) is 15.9 Å². The smallest absolute Gasteiger partial charge is 0.268 e. The monoisotopic (exact) mass is 274 g/mol. The van der Waals surface area contributed by atoms with Gasteiger partial charge in [0.1, 0.15) is 11.6 Å². The van der Waals surface area contributed by atoms with E-state index in [0.29, 0.717) is 0 Å². The molecule has 98 valence electrons. The fourth-order valence-corrected chi connectivity index (χ4v) is 3.36. The number of nitrogens with zero attached hydrogens (tertiary/aromatic N) is 3. The average molecular weight is 274 g/mol. The molecule has 0 spiro atoms. The van der Waals surface area contributed by atoms with Crippen LogP contribution in [0.5, 0.6) is 0 Å². The summed E-state index contributed by atoms with van der Waals surface area (Å²) in [5.74, 6) is 0. The molecule has 2 aromatic rings. The molecule has 0 aliphatic carbocycles. The van der Waals surface area contributed by atoms with Gasteiger partial charge in [0.2, 0.25) is 0 Å². The van der Waals surface area contributed by atoms with Gasteiger partial charge >= 0.3 is 0 Å². The van der Waals surface area contributed by atoms with Gasteiger partial charge in [-0.25, -0.2) is 0 Å². The van der Waals surface area contributed by atoms with Gasteiger partial charge in [0.25, 0.3) is 5.56 Å². The quantitative estimate of drug-likeness (QED) is 0.849. The molecule has 1 aliphatic rings. The lowest BCUT2D eigenvalue weighted by atomic mass is 10.2. The van der Waals surface area contributed by atoms with Crippen LogP contribution in [0, 0.1) is 11.3 Å². The zero-order valence-electron chi connectivity index (χ0n) is 10.6. The highest BCUT2D eigenvalue weighted by Gasteiger charge is 2.22. The molecule has 3 heterocycles. The lowest BCUT2D eigenvalue weighted by molar-refractivity contribution is 0.313. The Bertz CT molecular complexity index is 703. The molecule has 0 aromatic carbocycles. The van der Waals surface area contributed by atoms with Crippen LogP contribution in [-0.2, 0) is 0 Å². The Hall–Kier alpha value is -1.84. The van der Waals surface area contributed by atoms with Crippen LogP contribution in [0.15, 0.2) is 16.2 Å². The number of anilines is 1. The Balaban J connectivity index is 2.18. The van der Waals surface area contributed by atoms with Crippen molar-refractivity contribution in [3.8, 4) is 6.07 Å². The second-order valence-electron chi connectivity index (χ2n) is 4.74. The first-order valence-corrected chi connectivity index (χ1v) is 7.05. The van der Waals surface area contributed by atoms with E-state index in [2.05, 4.69) is 27.9 Å². The third-order valence-electron chi connectivity index (χ3n) is 3.52. The molecule has 0 saturated carbocycles. The minimum Gasteiger partial charge on any atom is -0.367 e. The zero-order valence-corrected chi connectivity index (χ0v) is 11.5. The molecule has 0 unspecified atom stereocenters. The Morgan fingerprint density at radius 2 is 2.11 bits per heavy atom. The largest absolute Gasteiger partial charge is 0.367 e. The predicted octanol–water partition coefficient (Wildman–Crippen LogP) is 1.21. The summed E-state index contributed by atoms with van der Waals surface area (Å²) in [7, 11) is 2.08. The maximum atomic E-state index is 12.0. The van der Waals surface area contributed by atoms with Crippen molar-refractivity contribution in [2.24, 2.45) is 0 Å². The van der Waals surface area contributed by atoms with Crippen LogP contribution in [0.2, 0.25) is 0 Å². The topological polar surface area (TPSA) is 63.1 Å². The first-order valence-electron chi connectivity index (χ1n) is 6.18. The van der Waals surface area contributed by atoms with Crippen LogP contribution in [0.1, 0.15) is 5.56 Å². The van der Waals surface area contributed by atoms with Gasteiger partial charge in [-0.1, -0.05) is 0 Å². The molecule has 19 heavy (non-hydrogen) atoms. The minimum atomic E-state index is -0.290. The molecule has 0 amide bonds. The fourth-order valence-electron chi connectivity index (χ4n) is 2.43. The van der Waals surface area contributed by atoms with Crippen molar-refractivity contribution in [3.63, 3.8) is 0 Å². The Kier molecular flexibility index (Phi) is 3.01. The number of nitriles is 1. The number of aromatic nitrogens is 1. The molecule has 0 bridgehead atoms. The highest BCUT2D eigenvalue weighted by Crippen LogP contribution is 2.32. The molecular weight excluding hydrogens is 260 g/mol. The second-order valence-corrected chi connectivity index (χ2v) is 5.66. The van der Waals surface area contributed by atoms with Crippen molar-refractivity contribution < 1.29 is 0 Å². The van der Waals surface area contributed by atoms with Gasteiger partial charge in [0, 0.05) is 26.2 Å². The predicted molar refractivity (Wildman–Crippen MR) is 76.9 cm³/mol. The minimum absolute atomic E-state index is 0.236. The van der Waals surface area contributed by atoms with E-state index in [0.717, 1.165) is 42.1 Å². The van der Waals surface area contributed by atoms with E-state index in [9.17, 15) is 10.1 Å². The summed E-state index contributed by atoms with van der Waals surface area (Å²) in [5.41, 5.74) is 1.58. The van der Waals surface area contributed by atoms with Gasteiger partial charge in [-0.2, -0.15) is 5.26 Å². The number of fused-ring (bicyclic) bond motifs is 1. The van der Waals surface area contributed by atoms with Gasteiger partial charge in [-0.3, -0.25) is 4.79 Å². The summed E-state index contributed by atoms with van der Waals surface area (Å²) in [5, 5.41) is 11.2. The van der Waals surface area contributed by atoms with Crippen LogP contribution >= 0.6 is 11.3 Å². The molecule has 1 aliphatic heterocycles. The standard InChI is InChI=1S/C13H14N4OS/c1-16-3-5-17(6-4-16)11-9(8-14)13(18)15-10-2-7-19-12(10)11/h2,7H,3-6H2,1H3,(H,15,18). The van der Waals surface area contributed by atoms with E-state index in [1.165, 1.54) is 0 Å². The van der Waals surface area contributed by atoms with Crippen molar-refractivity contribution >= 4 is 27.2 Å². The first kappa shape index (κ1) is 12.2. The van der Waals surface area contributed by atoms with Crippen LogP contribution in [-0.4, -0.2) is 43.1 Å². The van der Waals surface area contributed by atoms with Crippen molar-refractivity contribution in [1.82, 2.24) is 9.88 Å². The van der Waals surface area contributed by atoms with Gasteiger partial charge in [0.15, 0.2) is 0 Å². The molecule has 2 aromatic heterocycles. The number of H-pyrrole nitrogens is 1. The molecule has 5 nitrogen and oxygen atoms in total. The maximum absolute atomic E-state index is 12.0. The number of pyridine rings is 1. The number of rotatable bonds is 1. The number of thiophene rings is 1. The number of aromatic amines is 1. The lowest BCUT2D eigenvalue weighted by Gasteiger charge is -2.34. The van der Waals surface area contributed by atoms with E-state index in [-0.39, 0.29) is 11.1 Å². The van der Waals surface area contributed by atoms with Gasteiger partial charge < -0.3 is 14.8 Å². The van der Waals surface area contributed by atoms with E-state index in [4.69, 9.17) is 0 Å². The summed E-state index contributed by atoms with van der Waals surface area (Å²) in [6.45, 7) is 3.60. The number of likely N-dealkylation sites (N-methyl/N-ethyl adjacent to an activating group) is 1. The molecule has 0 radical (unpaired) electrons. The first-order chi connectivity index (χ1) is 9.20. The van der Waals surface area contributed by atoms with Crippen molar-refractivity contribution in [1.29, 1.82) is 5.26 Å². The molecule has 1 saturated heterocycles. The van der Waals surface area contributed by atoms with Crippen molar-refractivity contribution in [2.75, 3.05) is 38.1 Å². The Morgan fingerprint density at radius 3 is 2.79 bits per heavy atom. The maximum Gasteiger partial charge on any atom is 0.268 e. The SMILES string of the molecule is CN1CCN(c2c(C#N)c(=O)[nH]c3ccsc23)CC1. The summed E-state index contributed by atoms with van der Waals surface area (Å²) in [6, 6.07) is 3.95. The third kappa shape index (κ3) is 2.01. The van der Waals surface area contributed by atoms with Gasteiger partial charge in [-0.05, 0) is 18.5 Å². The fraction of sp³-hybridized carbons (Fsp3) is 0.385.